The van der Waals surface area contributed by atoms with Crippen LogP contribution in [0.3, 0.4) is 0 Å². The number of oxime groups is 1. The highest BCUT2D eigenvalue weighted by Crippen LogP contribution is 2.17. The molecular formula is C10H9N3O3. The number of aromatic nitrogens is 1. The standard InChI is InChI=1S/C10H9N3O3/c11-9(12-16)6-1-2-7-4-13(10(14)15)5-8(7)3-6/h1-5,16H,(H2,11,12)(H,14,15). The molecule has 6 heteroatoms. The maximum Gasteiger partial charge on any atom is 0.415 e. The summed E-state index contributed by atoms with van der Waals surface area (Å²) in [6.45, 7) is 0. The molecule has 6 nitrogen and oxygen atoms in total. The molecule has 0 unspecified atom stereocenters. The number of carbonyl (C=O) groups is 1. The summed E-state index contributed by atoms with van der Waals surface area (Å²) in [5.41, 5.74) is 5.97. The highest BCUT2D eigenvalue weighted by atomic mass is 16.4. The van der Waals surface area contributed by atoms with Crippen LogP contribution in [0.1, 0.15) is 5.56 Å². The number of hydrogen-bond donors (Lipinski definition) is 3. The Kier molecular flexibility index (Phi) is 2.24. The van der Waals surface area contributed by atoms with E-state index >= 15 is 0 Å². The third-order valence-electron chi connectivity index (χ3n) is 2.27. The quantitative estimate of drug-likeness (QED) is 0.291. The van der Waals surface area contributed by atoms with Gasteiger partial charge in [0.25, 0.3) is 0 Å². The minimum atomic E-state index is -1.05. The van der Waals surface area contributed by atoms with Crippen molar-refractivity contribution in [3.05, 3.63) is 36.2 Å². The van der Waals surface area contributed by atoms with Gasteiger partial charge in [-0.2, -0.15) is 0 Å². The number of benzene rings is 1. The first kappa shape index (κ1) is 10.0. The Morgan fingerprint density at radius 1 is 1.31 bits per heavy atom. The summed E-state index contributed by atoms with van der Waals surface area (Å²) in [6, 6.07) is 5.02. The van der Waals surface area contributed by atoms with Crippen molar-refractivity contribution in [2.24, 2.45) is 10.9 Å². The lowest BCUT2D eigenvalue weighted by Gasteiger charge is -1.97. The monoisotopic (exact) mass is 219 g/mol. The van der Waals surface area contributed by atoms with Gasteiger partial charge in [-0.1, -0.05) is 17.3 Å². The fourth-order valence-corrected chi connectivity index (χ4v) is 1.47. The predicted octanol–water partition coefficient (Wildman–Crippen LogP) is 1.26. The molecule has 1 aromatic heterocycles. The molecule has 82 valence electrons. The molecule has 0 spiro atoms. The molecule has 0 atom stereocenters. The summed E-state index contributed by atoms with van der Waals surface area (Å²) in [6.07, 6.45) is 1.90. The minimum absolute atomic E-state index is 0.00928. The Morgan fingerprint density at radius 2 is 2.00 bits per heavy atom. The lowest BCUT2D eigenvalue weighted by Crippen LogP contribution is -2.12. The molecule has 0 aliphatic heterocycles. The average Bonchev–Trinajstić information content (AvgIpc) is 2.70. The molecule has 2 rings (SSSR count). The van der Waals surface area contributed by atoms with E-state index in [-0.39, 0.29) is 5.84 Å². The van der Waals surface area contributed by atoms with Crippen LogP contribution in [0, 0.1) is 0 Å². The summed E-state index contributed by atoms with van der Waals surface area (Å²) < 4.78 is 1.06. The van der Waals surface area contributed by atoms with Crippen molar-refractivity contribution in [1.29, 1.82) is 0 Å². The Morgan fingerprint density at radius 3 is 2.62 bits per heavy atom. The second-order valence-corrected chi connectivity index (χ2v) is 3.28. The Hall–Kier alpha value is -2.50. The maximum atomic E-state index is 10.7. The zero-order chi connectivity index (χ0) is 11.7. The zero-order valence-corrected chi connectivity index (χ0v) is 8.16. The molecule has 0 saturated carbocycles. The summed E-state index contributed by atoms with van der Waals surface area (Å²) in [5.74, 6) is -0.00928. The number of fused-ring (bicyclic) bond motifs is 1. The van der Waals surface area contributed by atoms with Gasteiger partial charge in [0.15, 0.2) is 5.84 Å². The number of nitrogens with two attached hydrogens (primary N) is 1. The molecule has 1 aromatic carbocycles. The number of nitrogens with zero attached hydrogens (tertiary/aromatic N) is 2. The van der Waals surface area contributed by atoms with E-state index < -0.39 is 6.09 Å². The van der Waals surface area contributed by atoms with Gasteiger partial charge in [-0.15, -0.1) is 0 Å². The van der Waals surface area contributed by atoms with E-state index in [1.807, 2.05) is 0 Å². The number of amidine groups is 1. The smallest absolute Gasteiger partial charge is 0.415 e. The van der Waals surface area contributed by atoms with Crippen LogP contribution in [-0.2, 0) is 0 Å². The molecule has 0 amide bonds. The van der Waals surface area contributed by atoms with Gasteiger partial charge in [0, 0.05) is 28.7 Å². The first-order valence-corrected chi connectivity index (χ1v) is 4.45. The fraction of sp³-hybridized carbons (Fsp3) is 0. The summed E-state index contributed by atoms with van der Waals surface area (Å²) >= 11 is 0. The molecule has 0 aliphatic rings. The van der Waals surface area contributed by atoms with Crippen LogP contribution in [0.15, 0.2) is 35.7 Å². The van der Waals surface area contributed by atoms with Gasteiger partial charge < -0.3 is 16.0 Å². The molecule has 0 fully saturated rings. The predicted molar refractivity (Wildman–Crippen MR) is 57.9 cm³/mol. The number of hydrogen-bond acceptors (Lipinski definition) is 3. The SMILES string of the molecule is NC(=NO)c1ccc2cn(C(=O)O)cc2c1. The van der Waals surface area contributed by atoms with Gasteiger partial charge in [-0.25, -0.2) is 4.79 Å². The second kappa shape index (κ2) is 3.58. The van der Waals surface area contributed by atoms with Crippen molar-refractivity contribution < 1.29 is 15.1 Å². The average molecular weight is 219 g/mol. The van der Waals surface area contributed by atoms with Crippen LogP contribution in [0.4, 0.5) is 4.79 Å². The van der Waals surface area contributed by atoms with Gasteiger partial charge in [0.2, 0.25) is 0 Å². The third kappa shape index (κ3) is 1.56. The molecule has 0 radical (unpaired) electrons. The van der Waals surface area contributed by atoms with Crippen LogP contribution >= 0.6 is 0 Å². The van der Waals surface area contributed by atoms with Crippen LogP contribution < -0.4 is 5.73 Å². The van der Waals surface area contributed by atoms with Crippen molar-refractivity contribution in [2.75, 3.05) is 0 Å². The molecule has 0 bridgehead atoms. The zero-order valence-electron chi connectivity index (χ0n) is 8.16. The topological polar surface area (TPSA) is 101 Å². The van der Waals surface area contributed by atoms with Crippen molar-refractivity contribution >= 4 is 22.7 Å². The van der Waals surface area contributed by atoms with E-state index in [0.29, 0.717) is 10.9 Å². The highest BCUT2D eigenvalue weighted by molar-refractivity contribution is 6.01. The van der Waals surface area contributed by atoms with Gasteiger partial charge >= 0.3 is 6.09 Å². The molecule has 2 aromatic rings. The Bertz CT molecular complexity index is 586. The largest absolute Gasteiger partial charge is 0.464 e. The molecular weight excluding hydrogens is 210 g/mol. The first-order valence-electron chi connectivity index (χ1n) is 4.45. The van der Waals surface area contributed by atoms with Crippen molar-refractivity contribution in [2.45, 2.75) is 0 Å². The molecule has 1 heterocycles. The summed E-state index contributed by atoms with van der Waals surface area (Å²) in [5, 5.41) is 21.7. The van der Waals surface area contributed by atoms with E-state index in [0.717, 1.165) is 9.95 Å². The Labute approximate surface area is 90.2 Å². The summed E-state index contributed by atoms with van der Waals surface area (Å²) in [7, 11) is 0. The summed E-state index contributed by atoms with van der Waals surface area (Å²) in [4.78, 5) is 10.7. The lowest BCUT2D eigenvalue weighted by molar-refractivity contribution is 0.196. The van der Waals surface area contributed by atoms with E-state index in [1.54, 1.807) is 18.2 Å². The van der Waals surface area contributed by atoms with Gasteiger partial charge in [0.05, 0.1) is 0 Å². The number of carboxylic acid groups (broad SMARTS) is 1. The van der Waals surface area contributed by atoms with Crippen molar-refractivity contribution in [3.8, 4) is 0 Å². The van der Waals surface area contributed by atoms with Crippen LogP contribution in [-0.4, -0.2) is 26.8 Å². The van der Waals surface area contributed by atoms with Crippen molar-refractivity contribution in [1.82, 2.24) is 4.57 Å². The van der Waals surface area contributed by atoms with Crippen LogP contribution in [0.25, 0.3) is 10.8 Å². The third-order valence-corrected chi connectivity index (χ3v) is 2.27. The maximum absolute atomic E-state index is 10.7. The Balaban J connectivity index is 2.58. The molecule has 4 N–H and O–H groups in total. The molecule has 0 saturated heterocycles. The van der Waals surface area contributed by atoms with Crippen LogP contribution in [0.5, 0.6) is 0 Å². The van der Waals surface area contributed by atoms with E-state index in [9.17, 15) is 4.79 Å². The fourth-order valence-electron chi connectivity index (χ4n) is 1.47. The van der Waals surface area contributed by atoms with Gasteiger partial charge in [0.1, 0.15) is 0 Å². The van der Waals surface area contributed by atoms with Gasteiger partial charge in [-0.3, -0.25) is 4.57 Å². The van der Waals surface area contributed by atoms with E-state index in [4.69, 9.17) is 16.0 Å². The molecule has 16 heavy (non-hydrogen) atoms. The number of rotatable bonds is 1. The molecule has 0 aliphatic carbocycles. The van der Waals surface area contributed by atoms with E-state index in [2.05, 4.69) is 5.16 Å². The van der Waals surface area contributed by atoms with Crippen molar-refractivity contribution in [3.63, 3.8) is 0 Å². The normalized spacial score (nSPS) is 11.9. The second-order valence-electron chi connectivity index (χ2n) is 3.28. The van der Waals surface area contributed by atoms with E-state index in [1.165, 1.54) is 12.4 Å². The first-order chi connectivity index (χ1) is 7.61. The van der Waals surface area contributed by atoms with Gasteiger partial charge in [-0.05, 0) is 6.07 Å². The highest BCUT2D eigenvalue weighted by Gasteiger charge is 2.06. The van der Waals surface area contributed by atoms with Crippen LogP contribution in [0.2, 0.25) is 0 Å². The lowest BCUT2D eigenvalue weighted by atomic mass is 10.1. The minimum Gasteiger partial charge on any atom is -0.464 e.